The summed E-state index contributed by atoms with van der Waals surface area (Å²) in [5.74, 6) is 0.516. The van der Waals surface area contributed by atoms with Crippen LogP contribution in [0.1, 0.15) is 25.8 Å². The van der Waals surface area contributed by atoms with Gasteiger partial charge in [0, 0.05) is 0 Å². The first kappa shape index (κ1) is 9.24. The summed E-state index contributed by atoms with van der Waals surface area (Å²) in [6, 6.07) is 6.86. The van der Waals surface area contributed by atoms with E-state index in [2.05, 4.69) is 13.8 Å². The monoisotopic (exact) mass is 166 g/mol. The molecule has 0 nitrogen and oxygen atoms in total. The van der Waals surface area contributed by atoms with E-state index < -0.39 is 0 Å². The maximum Gasteiger partial charge on any atom is 0.123 e. The van der Waals surface area contributed by atoms with Gasteiger partial charge in [-0.1, -0.05) is 32.4 Å². The maximum absolute atomic E-state index is 12.7. The number of benzene rings is 1. The number of halogens is 1. The predicted octanol–water partition coefficient (Wildman–Crippen LogP) is 3.41. The lowest BCUT2D eigenvalue weighted by molar-refractivity contribution is 0.555. The number of hydrogen-bond donors (Lipinski definition) is 0. The zero-order chi connectivity index (χ0) is 8.97. The first-order chi connectivity index (χ1) is 5.72. The molecule has 0 radical (unpaired) electrons. The molecule has 0 aliphatic carbocycles. The van der Waals surface area contributed by atoms with E-state index in [1.54, 1.807) is 12.1 Å². The van der Waals surface area contributed by atoms with Crippen molar-refractivity contribution < 1.29 is 4.39 Å². The van der Waals surface area contributed by atoms with Gasteiger partial charge in [0.25, 0.3) is 0 Å². The van der Waals surface area contributed by atoms with Crippen LogP contribution < -0.4 is 0 Å². The van der Waals surface area contributed by atoms with E-state index in [1.807, 2.05) is 6.07 Å². The summed E-state index contributed by atoms with van der Waals surface area (Å²) in [5.41, 5.74) is 1.10. The Morgan fingerprint density at radius 2 is 2.17 bits per heavy atom. The maximum atomic E-state index is 12.7. The van der Waals surface area contributed by atoms with Gasteiger partial charge in [0.05, 0.1) is 0 Å². The fourth-order valence-electron chi connectivity index (χ4n) is 1.21. The Labute approximate surface area is 73.4 Å². The SMILES string of the molecule is CCC(C)Cc1cccc(F)c1. The average Bonchev–Trinajstić information content (AvgIpc) is 2.04. The Bertz CT molecular complexity index is 243. The van der Waals surface area contributed by atoms with Crippen LogP contribution in [0.2, 0.25) is 0 Å². The van der Waals surface area contributed by atoms with E-state index in [4.69, 9.17) is 0 Å². The van der Waals surface area contributed by atoms with Crippen LogP contribution in [-0.4, -0.2) is 0 Å². The molecule has 0 saturated carbocycles. The van der Waals surface area contributed by atoms with Gasteiger partial charge in [0.15, 0.2) is 0 Å². The lowest BCUT2D eigenvalue weighted by Gasteiger charge is -2.07. The average molecular weight is 166 g/mol. The molecule has 0 saturated heterocycles. The van der Waals surface area contributed by atoms with Gasteiger partial charge in [-0.2, -0.15) is 0 Å². The number of hydrogen-bond acceptors (Lipinski definition) is 0. The standard InChI is InChI=1S/C11H15F/c1-3-9(2)7-10-5-4-6-11(12)8-10/h4-6,8-9H,3,7H2,1-2H3. The highest BCUT2D eigenvalue weighted by Crippen LogP contribution is 2.12. The second-order valence-electron chi connectivity index (χ2n) is 3.35. The molecule has 1 unspecified atom stereocenters. The predicted molar refractivity (Wildman–Crippen MR) is 49.6 cm³/mol. The summed E-state index contributed by atoms with van der Waals surface area (Å²) >= 11 is 0. The van der Waals surface area contributed by atoms with E-state index in [-0.39, 0.29) is 5.82 Å². The summed E-state index contributed by atoms with van der Waals surface area (Å²) in [7, 11) is 0. The van der Waals surface area contributed by atoms with Gasteiger partial charge in [-0.15, -0.1) is 0 Å². The zero-order valence-electron chi connectivity index (χ0n) is 7.68. The van der Waals surface area contributed by atoms with Crippen molar-refractivity contribution in [2.45, 2.75) is 26.7 Å². The molecule has 1 rings (SSSR count). The third kappa shape index (κ3) is 2.65. The first-order valence-electron chi connectivity index (χ1n) is 4.46. The van der Waals surface area contributed by atoms with Crippen molar-refractivity contribution in [2.24, 2.45) is 5.92 Å². The fraction of sp³-hybridized carbons (Fsp3) is 0.455. The van der Waals surface area contributed by atoms with Gasteiger partial charge in [-0.05, 0) is 30.0 Å². The summed E-state index contributed by atoms with van der Waals surface area (Å²) in [6.45, 7) is 4.34. The molecule has 1 aromatic rings. The molecule has 0 aliphatic rings. The molecule has 0 N–H and O–H groups in total. The highest BCUT2D eigenvalue weighted by molar-refractivity contribution is 5.16. The van der Waals surface area contributed by atoms with Gasteiger partial charge in [-0.3, -0.25) is 0 Å². The van der Waals surface area contributed by atoms with Crippen LogP contribution in [0.25, 0.3) is 0 Å². The molecule has 12 heavy (non-hydrogen) atoms. The molecule has 0 aromatic heterocycles. The van der Waals surface area contributed by atoms with Gasteiger partial charge in [0.2, 0.25) is 0 Å². The smallest absolute Gasteiger partial charge is 0.123 e. The van der Waals surface area contributed by atoms with E-state index in [0.29, 0.717) is 5.92 Å². The van der Waals surface area contributed by atoms with Crippen LogP contribution in [0.5, 0.6) is 0 Å². The second kappa shape index (κ2) is 4.24. The molecule has 0 aliphatic heterocycles. The normalized spacial score (nSPS) is 12.9. The zero-order valence-corrected chi connectivity index (χ0v) is 7.68. The third-order valence-electron chi connectivity index (χ3n) is 2.17. The van der Waals surface area contributed by atoms with Crippen molar-refractivity contribution in [2.75, 3.05) is 0 Å². The molecular formula is C11H15F. The van der Waals surface area contributed by atoms with Gasteiger partial charge < -0.3 is 0 Å². The minimum Gasteiger partial charge on any atom is -0.207 e. The van der Waals surface area contributed by atoms with Crippen molar-refractivity contribution in [3.8, 4) is 0 Å². The van der Waals surface area contributed by atoms with Crippen LogP contribution in [0.4, 0.5) is 4.39 Å². The minimum atomic E-state index is -0.129. The Balaban J connectivity index is 2.63. The van der Waals surface area contributed by atoms with Crippen LogP contribution in [0, 0.1) is 11.7 Å². The summed E-state index contributed by atoms with van der Waals surface area (Å²) in [5, 5.41) is 0. The topological polar surface area (TPSA) is 0 Å². The molecule has 0 spiro atoms. The van der Waals surface area contributed by atoms with Gasteiger partial charge in [-0.25, -0.2) is 4.39 Å². The minimum absolute atomic E-state index is 0.129. The highest BCUT2D eigenvalue weighted by atomic mass is 19.1. The Morgan fingerprint density at radius 3 is 2.75 bits per heavy atom. The second-order valence-corrected chi connectivity index (χ2v) is 3.35. The Morgan fingerprint density at radius 1 is 1.42 bits per heavy atom. The molecule has 1 heteroatoms. The third-order valence-corrected chi connectivity index (χ3v) is 2.17. The lowest BCUT2D eigenvalue weighted by Crippen LogP contribution is -1.97. The molecule has 1 aromatic carbocycles. The molecule has 66 valence electrons. The van der Waals surface area contributed by atoms with Crippen LogP contribution in [0.3, 0.4) is 0 Å². The summed E-state index contributed by atoms with van der Waals surface area (Å²) < 4.78 is 12.7. The van der Waals surface area contributed by atoms with Gasteiger partial charge in [0.1, 0.15) is 5.82 Å². The largest absolute Gasteiger partial charge is 0.207 e. The fourth-order valence-corrected chi connectivity index (χ4v) is 1.21. The highest BCUT2D eigenvalue weighted by Gasteiger charge is 2.01. The van der Waals surface area contributed by atoms with Crippen molar-refractivity contribution in [3.05, 3.63) is 35.6 Å². The molecule has 0 heterocycles. The molecule has 0 bridgehead atoms. The van der Waals surface area contributed by atoms with Crippen molar-refractivity contribution in [3.63, 3.8) is 0 Å². The van der Waals surface area contributed by atoms with E-state index >= 15 is 0 Å². The van der Waals surface area contributed by atoms with E-state index in [0.717, 1.165) is 18.4 Å². The molecule has 1 atom stereocenters. The summed E-state index contributed by atoms with van der Waals surface area (Å²) in [6.07, 6.45) is 2.13. The van der Waals surface area contributed by atoms with Gasteiger partial charge >= 0.3 is 0 Å². The number of rotatable bonds is 3. The van der Waals surface area contributed by atoms with Crippen molar-refractivity contribution >= 4 is 0 Å². The van der Waals surface area contributed by atoms with Crippen molar-refractivity contribution in [1.29, 1.82) is 0 Å². The quantitative estimate of drug-likeness (QED) is 0.645. The lowest BCUT2D eigenvalue weighted by atomic mass is 9.99. The van der Waals surface area contributed by atoms with Crippen LogP contribution in [0.15, 0.2) is 24.3 Å². The van der Waals surface area contributed by atoms with E-state index in [9.17, 15) is 4.39 Å². The molecule has 0 amide bonds. The van der Waals surface area contributed by atoms with Crippen LogP contribution >= 0.6 is 0 Å². The molecular weight excluding hydrogens is 151 g/mol. The molecule has 0 fully saturated rings. The Kier molecular flexibility index (Phi) is 3.27. The summed E-state index contributed by atoms with van der Waals surface area (Å²) in [4.78, 5) is 0. The Hall–Kier alpha value is -0.850. The van der Waals surface area contributed by atoms with Crippen molar-refractivity contribution in [1.82, 2.24) is 0 Å². The van der Waals surface area contributed by atoms with E-state index in [1.165, 1.54) is 6.07 Å². The van der Waals surface area contributed by atoms with Crippen LogP contribution in [-0.2, 0) is 6.42 Å². The first-order valence-corrected chi connectivity index (χ1v) is 4.46.